The van der Waals surface area contributed by atoms with Crippen molar-refractivity contribution in [2.45, 2.75) is 101 Å². The van der Waals surface area contributed by atoms with Crippen molar-refractivity contribution >= 4 is 23.3 Å². The van der Waals surface area contributed by atoms with Gasteiger partial charge in [-0.15, -0.1) is 0 Å². The average Bonchev–Trinajstić information content (AvgIpc) is 3.67. The van der Waals surface area contributed by atoms with Crippen molar-refractivity contribution in [3.05, 3.63) is 82.1 Å². The number of benzene rings is 2. The molecule has 250 valence electrons. The van der Waals surface area contributed by atoms with Crippen LogP contribution >= 0.6 is 11.6 Å². The predicted molar refractivity (Wildman–Crippen MR) is 186 cm³/mol. The van der Waals surface area contributed by atoms with Gasteiger partial charge in [0.2, 0.25) is 0 Å². The van der Waals surface area contributed by atoms with E-state index in [2.05, 4.69) is 47.7 Å². The van der Waals surface area contributed by atoms with Crippen molar-refractivity contribution in [1.29, 1.82) is 0 Å². The highest BCUT2D eigenvalue weighted by atomic mass is 35.5. The Morgan fingerprint density at radius 2 is 2.00 bits per heavy atom. The topological polar surface area (TPSA) is 92.7 Å². The van der Waals surface area contributed by atoms with E-state index in [1.165, 1.54) is 35.2 Å². The van der Waals surface area contributed by atoms with E-state index in [1.807, 2.05) is 36.5 Å². The molecule has 4 atom stereocenters. The zero-order valence-electron chi connectivity index (χ0n) is 27.7. The van der Waals surface area contributed by atoms with Crippen molar-refractivity contribution in [2.75, 3.05) is 25.0 Å². The first-order chi connectivity index (χ1) is 22.7. The maximum absolute atomic E-state index is 12.9. The van der Waals surface area contributed by atoms with Gasteiger partial charge in [-0.3, -0.25) is 4.98 Å². The number of pyridine rings is 1. The molecule has 7 nitrogen and oxygen atoms in total. The summed E-state index contributed by atoms with van der Waals surface area (Å²) in [6.07, 6.45) is 11.2. The van der Waals surface area contributed by atoms with Gasteiger partial charge in [0.05, 0.1) is 6.61 Å². The molecule has 0 amide bonds. The smallest absolute Gasteiger partial charge is 0.329 e. The summed E-state index contributed by atoms with van der Waals surface area (Å²) in [7, 11) is 0. The molecule has 2 heterocycles. The molecule has 0 bridgehead atoms. The molecule has 1 saturated heterocycles. The van der Waals surface area contributed by atoms with Crippen LogP contribution < -0.4 is 20.1 Å². The molecule has 3 aliphatic carbocycles. The van der Waals surface area contributed by atoms with Crippen LogP contribution in [0.1, 0.15) is 93.5 Å². The van der Waals surface area contributed by atoms with Crippen LogP contribution in [0.25, 0.3) is 0 Å². The molecule has 47 heavy (non-hydrogen) atoms. The Hall–Kier alpha value is -3.29. The van der Waals surface area contributed by atoms with Crippen LogP contribution in [0, 0.1) is 11.8 Å². The van der Waals surface area contributed by atoms with Gasteiger partial charge >= 0.3 is 5.97 Å². The number of carboxylic acids is 1. The number of ether oxygens (including phenoxy) is 2. The predicted octanol–water partition coefficient (Wildman–Crippen LogP) is 7.94. The number of hydrogen-bond donors (Lipinski definition) is 3. The zero-order chi connectivity index (χ0) is 32.6. The standard InChI is InChI=1S/C39H48ClN3O4/c1-25(24-46-35-12-18-42-34-8-3-5-26(2)36(34)35)19-28-20-27-9-10-31(47-32-11-17-41-23-32)22-33(27)38(28)13-15-39(16-14-38,37(44)45)43-30-7-4-6-29(40)21-30/h4,6-7,9-10,12,18,21-22,25-26,28,32,41,43H,3,5,8,11,13-17,19-20,23-24H2,1-2H3,(H,44,45)/t25-,26-,28+,32-,38?,39?/m1/s1. The molecule has 4 aliphatic rings. The molecule has 2 aromatic carbocycles. The van der Waals surface area contributed by atoms with Crippen LogP contribution in [0.15, 0.2) is 54.7 Å². The first-order valence-corrected chi connectivity index (χ1v) is 18.0. The second-order valence-electron chi connectivity index (χ2n) is 14.7. The summed E-state index contributed by atoms with van der Waals surface area (Å²) in [6.45, 7) is 7.11. The van der Waals surface area contributed by atoms with E-state index in [1.54, 1.807) is 0 Å². The maximum Gasteiger partial charge on any atom is 0.329 e. The lowest BCUT2D eigenvalue weighted by atomic mass is 9.59. The number of aliphatic carboxylic acids is 1. The number of carboxylic acid groups (broad SMARTS) is 1. The monoisotopic (exact) mass is 657 g/mol. The minimum absolute atomic E-state index is 0.115. The number of nitrogens with one attached hydrogen (secondary N) is 2. The van der Waals surface area contributed by atoms with E-state index in [9.17, 15) is 9.90 Å². The summed E-state index contributed by atoms with van der Waals surface area (Å²) in [4.78, 5) is 17.6. The SMILES string of the molecule is C[C@@H](COc1ccnc2c1[C@H](C)CCC2)C[C@H]1Cc2ccc(O[C@@H]3CCNC3)cc2C12CCC(Nc1cccc(Cl)c1)(C(=O)O)CC2. The molecular weight excluding hydrogens is 610 g/mol. The van der Waals surface area contributed by atoms with Crippen LogP contribution in [0.3, 0.4) is 0 Å². The summed E-state index contributed by atoms with van der Waals surface area (Å²) < 4.78 is 13.0. The molecule has 1 aromatic heterocycles. The average molecular weight is 658 g/mol. The number of rotatable bonds is 10. The lowest BCUT2D eigenvalue weighted by Gasteiger charge is -2.47. The third-order valence-corrected chi connectivity index (χ3v) is 11.8. The minimum atomic E-state index is -1.04. The second kappa shape index (κ2) is 13.3. The molecule has 2 fully saturated rings. The first-order valence-electron chi connectivity index (χ1n) is 17.6. The van der Waals surface area contributed by atoms with E-state index in [4.69, 9.17) is 21.1 Å². The molecule has 3 N–H and O–H groups in total. The van der Waals surface area contributed by atoms with Gasteiger partial charge < -0.3 is 25.2 Å². The van der Waals surface area contributed by atoms with Crippen molar-refractivity contribution in [1.82, 2.24) is 10.3 Å². The Bertz CT molecular complexity index is 1600. The number of hydrogen-bond acceptors (Lipinski definition) is 6. The van der Waals surface area contributed by atoms with Crippen molar-refractivity contribution in [2.24, 2.45) is 11.8 Å². The summed E-state index contributed by atoms with van der Waals surface area (Å²) >= 11 is 6.28. The van der Waals surface area contributed by atoms with Gasteiger partial charge in [-0.1, -0.05) is 37.6 Å². The van der Waals surface area contributed by atoms with Crippen molar-refractivity contribution in [3.8, 4) is 11.5 Å². The van der Waals surface area contributed by atoms with Gasteiger partial charge in [0.15, 0.2) is 0 Å². The van der Waals surface area contributed by atoms with Crippen molar-refractivity contribution < 1.29 is 19.4 Å². The number of anilines is 1. The van der Waals surface area contributed by atoms with E-state index in [-0.39, 0.29) is 11.5 Å². The summed E-state index contributed by atoms with van der Waals surface area (Å²) in [5.41, 5.74) is 4.82. The second-order valence-corrected chi connectivity index (χ2v) is 15.2. The number of nitrogens with zero attached hydrogens (tertiary/aromatic N) is 1. The zero-order valence-corrected chi connectivity index (χ0v) is 28.5. The fourth-order valence-electron chi connectivity index (χ4n) is 9.07. The Morgan fingerprint density at radius 3 is 2.77 bits per heavy atom. The van der Waals surface area contributed by atoms with Gasteiger partial charge in [-0.05, 0) is 141 Å². The fraction of sp³-hybridized carbons (Fsp3) is 0.538. The molecule has 1 spiro atoms. The molecular formula is C39H48ClN3O4. The third kappa shape index (κ3) is 6.46. The number of aryl methyl sites for hydroxylation is 1. The molecule has 3 aromatic rings. The highest BCUT2D eigenvalue weighted by Crippen LogP contribution is 2.57. The van der Waals surface area contributed by atoms with E-state index in [0.29, 0.717) is 42.2 Å². The molecule has 1 aliphatic heterocycles. The van der Waals surface area contributed by atoms with Crippen LogP contribution in [-0.2, 0) is 23.1 Å². The molecule has 7 rings (SSSR count). The normalized spacial score (nSPS) is 28.8. The van der Waals surface area contributed by atoms with E-state index < -0.39 is 11.5 Å². The largest absolute Gasteiger partial charge is 0.493 e. The van der Waals surface area contributed by atoms with Gasteiger partial charge in [0, 0.05) is 34.7 Å². The minimum Gasteiger partial charge on any atom is -0.493 e. The van der Waals surface area contributed by atoms with Crippen LogP contribution in [0.2, 0.25) is 5.02 Å². The van der Waals surface area contributed by atoms with Crippen LogP contribution in [0.5, 0.6) is 11.5 Å². The van der Waals surface area contributed by atoms with E-state index in [0.717, 1.165) is 68.8 Å². The van der Waals surface area contributed by atoms with E-state index >= 15 is 0 Å². The molecule has 1 saturated carbocycles. The highest BCUT2D eigenvalue weighted by Gasteiger charge is 2.54. The van der Waals surface area contributed by atoms with Gasteiger partial charge in [0.1, 0.15) is 23.1 Å². The fourth-order valence-corrected chi connectivity index (χ4v) is 9.26. The number of carbonyl (C=O) groups is 1. The van der Waals surface area contributed by atoms with Gasteiger partial charge in [-0.2, -0.15) is 0 Å². The third-order valence-electron chi connectivity index (χ3n) is 11.6. The van der Waals surface area contributed by atoms with Crippen LogP contribution in [0.4, 0.5) is 5.69 Å². The Morgan fingerprint density at radius 1 is 1.15 bits per heavy atom. The highest BCUT2D eigenvalue weighted by molar-refractivity contribution is 6.30. The number of halogens is 1. The summed E-state index contributed by atoms with van der Waals surface area (Å²) in [6, 6.07) is 16.1. The maximum atomic E-state index is 12.9. The van der Waals surface area contributed by atoms with Crippen molar-refractivity contribution in [3.63, 3.8) is 0 Å². The Kier molecular flexibility index (Phi) is 9.14. The molecule has 0 unspecified atom stereocenters. The molecule has 8 heteroatoms. The number of aromatic nitrogens is 1. The number of fused-ring (bicyclic) bond motifs is 3. The van der Waals surface area contributed by atoms with Gasteiger partial charge in [-0.25, -0.2) is 4.79 Å². The lowest BCUT2D eigenvalue weighted by molar-refractivity contribution is -0.144. The molecule has 0 radical (unpaired) electrons. The van der Waals surface area contributed by atoms with Crippen LogP contribution in [-0.4, -0.2) is 47.4 Å². The summed E-state index contributed by atoms with van der Waals surface area (Å²) in [5.74, 6) is 2.33. The first kappa shape index (κ1) is 32.3. The summed E-state index contributed by atoms with van der Waals surface area (Å²) in [5, 5.41) is 18.0. The lowest BCUT2D eigenvalue weighted by Crippen LogP contribution is -2.53. The Labute approximate surface area is 283 Å². The Balaban J connectivity index is 1.13. The van der Waals surface area contributed by atoms with Gasteiger partial charge in [0.25, 0.3) is 0 Å². The quantitative estimate of drug-likeness (QED) is 0.204.